The number of rotatable bonds is 11. The van der Waals surface area contributed by atoms with Gasteiger partial charge >= 0.3 is 5.97 Å². The van der Waals surface area contributed by atoms with Gasteiger partial charge in [0.15, 0.2) is 5.96 Å². The van der Waals surface area contributed by atoms with Gasteiger partial charge in [0, 0.05) is 31.4 Å². The van der Waals surface area contributed by atoms with Crippen molar-refractivity contribution in [2.24, 2.45) is 4.99 Å². The number of carbonyl (C=O) groups is 1. The molecular formula is C17H29N3O2S. The van der Waals surface area contributed by atoms with Gasteiger partial charge in [0.2, 0.25) is 0 Å². The predicted molar refractivity (Wildman–Crippen MR) is 97.1 cm³/mol. The fourth-order valence-corrected chi connectivity index (χ4v) is 2.88. The maximum atomic E-state index is 11.2. The summed E-state index contributed by atoms with van der Waals surface area (Å²) in [5, 5.41) is 8.74. The van der Waals surface area contributed by atoms with Crippen LogP contribution in [0.4, 0.5) is 0 Å². The van der Waals surface area contributed by atoms with E-state index in [0.29, 0.717) is 13.0 Å². The van der Waals surface area contributed by atoms with Gasteiger partial charge in [-0.25, -0.2) is 0 Å². The van der Waals surface area contributed by atoms with E-state index in [-0.39, 0.29) is 5.97 Å². The molecule has 2 N–H and O–H groups in total. The van der Waals surface area contributed by atoms with E-state index >= 15 is 0 Å². The van der Waals surface area contributed by atoms with Gasteiger partial charge in [-0.3, -0.25) is 9.79 Å². The number of thiophene rings is 1. The molecule has 0 radical (unpaired) electrons. The molecule has 0 spiro atoms. The smallest absolute Gasteiger partial charge is 0.305 e. The molecular weight excluding hydrogens is 310 g/mol. The molecule has 1 rings (SSSR count). The van der Waals surface area contributed by atoms with Crippen LogP contribution in [0.5, 0.6) is 0 Å². The number of hydrogen-bond donors (Lipinski definition) is 2. The fraction of sp³-hybridized carbons (Fsp3) is 0.647. The van der Waals surface area contributed by atoms with Crippen LogP contribution in [0.1, 0.15) is 43.9 Å². The van der Waals surface area contributed by atoms with E-state index in [2.05, 4.69) is 33.1 Å². The number of aliphatic imine (C=N–C) groups is 1. The minimum absolute atomic E-state index is 0.0824. The second-order valence-electron chi connectivity index (χ2n) is 5.22. The van der Waals surface area contributed by atoms with Crippen molar-refractivity contribution in [3.63, 3.8) is 0 Å². The number of carbonyl (C=O) groups excluding carboxylic acids is 1. The highest BCUT2D eigenvalue weighted by molar-refractivity contribution is 7.09. The Bertz CT molecular complexity index is 447. The highest BCUT2D eigenvalue weighted by Gasteiger charge is 2.01. The van der Waals surface area contributed by atoms with Crippen LogP contribution in [0.15, 0.2) is 22.5 Å². The summed E-state index contributed by atoms with van der Waals surface area (Å²) in [4.78, 5) is 16.8. The number of nitrogens with one attached hydrogen (secondary N) is 2. The van der Waals surface area contributed by atoms with E-state index < -0.39 is 0 Å². The van der Waals surface area contributed by atoms with Crippen molar-refractivity contribution in [3.8, 4) is 0 Å². The third kappa shape index (κ3) is 9.94. The number of guanidine groups is 1. The van der Waals surface area contributed by atoms with Crippen molar-refractivity contribution in [2.75, 3.05) is 26.7 Å². The zero-order chi connectivity index (χ0) is 16.8. The zero-order valence-corrected chi connectivity index (χ0v) is 15.1. The van der Waals surface area contributed by atoms with Gasteiger partial charge in [-0.2, -0.15) is 0 Å². The molecule has 0 unspecified atom stereocenters. The van der Waals surface area contributed by atoms with Gasteiger partial charge in [-0.15, -0.1) is 11.3 Å². The number of hydrogen-bond acceptors (Lipinski definition) is 4. The molecule has 0 fully saturated rings. The predicted octanol–water partition coefficient (Wildman–Crippen LogP) is 2.97. The quantitative estimate of drug-likeness (QED) is 0.282. The van der Waals surface area contributed by atoms with Crippen molar-refractivity contribution in [1.29, 1.82) is 0 Å². The summed E-state index contributed by atoms with van der Waals surface area (Å²) < 4.78 is 4.91. The van der Waals surface area contributed by atoms with E-state index in [0.717, 1.165) is 51.2 Å². The third-order valence-electron chi connectivity index (χ3n) is 3.37. The first-order valence-corrected chi connectivity index (χ1v) is 9.26. The highest BCUT2D eigenvalue weighted by atomic mass is 32.1. The van der Waals surface area contributed by atoms with Crippen molar-refractivity contribution >= 4 is 23.3 Å². The second kappa shape index (κ2) is 12.9. The SMILES string of the molecule is CCOC(=O)CCCCCCNC(=NC)NCCc1cccs1. The monoisotopic (exact) mass is 339 g/mol. The average Bonchev–Trinajstić information content (AvgIpc) is 3.05. The summed E-state index contributed by atoms with van der Waals surface area (Å²) in [6, 6.07) is 4.23. The average molecular weight is 340 g/mol. The van der Waals surface area contributed by atoms with Crippen LogP contribution < -0.4 is 10.6 Å². The first kappa shape index (κ1) is 19.5. The molecule has 0 bridgehead atoms. The summed E-state index contributed by atoms with van der Waals surface area (Å²) in [5.41, 5.74) is 0. The van der Waals surface area contributed by atoms with Gasteiger partial charge in [-0.05, 0) is 37.6 Å². The lowest BCUT2D eigenvalue weighted by Crippen LogP contribution is -2.38. The molecule has 1 aromatic heterocycles. The fourth-order valence-electron chi connectivity index (χ4n) is 2.17. The Balaban J connectivity index is 1.97. The maximum absolute atomic E-state index is 11.2. The third-order valence-corrected chi connectivity index (χ3v) is 4.31. The van der Waals surface area contributed by atoms with Crippen molar-refractivity contribution in [2.45, 2.75) is 45.4 Å². The summed E-state index contributed by atoms with van der Waals surface area (Å²) in [7, 11) is 1.79. The first-order chi connectivity index (χ1) is 11.3. The van der Waals surface area contributed by atoms with E-state index in [4.69, 9.17) is 4.74 Å². The van der Waals surface area contributed by atoms with Crippen LogP contribution in [-0.4, -0.2) is 38.7 Å². The lowest BCUT2D eigenvalue weighted by molar-refractivity contribution is -0.143. The van der Waals surface area contributed by atoms with Gasteiger partial charge in [0.1, 0.15) is 0 Å². The first-order valence-electron chi connectivity index (χ1n) is 8.38. The standard InChI is InChI=1S/C17H29N3O2S/c1-3-22-16(21)10-6-4-5-7-12-19-17(18-2)20-13-11-15-9-8-14-23-15/h8-9,14H,3-7,10-13H2,1-2H3,(H2,18,19,20). The summed E-state index contributed by atoms with van der Waals surface area (Å²) in [5.74, 6) is 0.772. The number of ether oxygens (including phenoxy) is 1. The zero-order valence-electron chi connectivity index (χ0n) is 14.3. The minimum atomic E-state index is -0.0824. The van der Waals surface area contributed by atoms with Crippen LogP contribution in [0.3, 0.4) is 0 Å². The summed E-state index contributed by atoms with van der Waals surface area (Å²) in [6.07, 6.45) is 5.71. The normalized spacial score (nSPS) is 11.3. The highest BCUT2D eigenvalue weighted by Crippen LogP contribution is 2.08. The van der Waals surface area contributed by atoms with Crippen LogP contribution >= 0.6 is 11.3 Å². The van der Waals surface area contributed by atoms with Crippen LogP contribution in [-0.2, 0) is 16.0 Å². The summed E-state index contributed by atoms with van der Waals surface area (Å²) in [6.45, 7) is 4.10. The number of unbranched alkanes of at least 4 members (excludes halogenated alkanes) is 3. The van der Waals surface area contributed by atoms with E-state index in [9.17, 15) is 4.79 Å². The Kier molecular flexibility index (Phi) is 11.0. The number of esters is 1. The largest absolute Gasteiger partial charge is 0.466 e. The van der Waals surface area contributed by atoms with Gasteiger partial charge in [0.05, 0.1) is 6.61 Å². The van der Waals surface area contributed by atoms with Crippen molar-refractivity contribution in [1.82, 2.24) is 10.6 Å². The maximum Gasteiger partial charge on any atom is 0.305 e. The molecule has 1 aromatic rings. The molecule has 23 heavy (non-hydrogen) atoms. The molecule has 0 amide bonds. The van der Waals surface area contributed by atoms with Gasteiger partial charge in [0.25, 0.3) is 0 Å². The molecule has 0 aliphatic heterocycles. The van der Waals surface area contributed by atoms with Crippen molar-refractivity contribution < 1.29 is 9.53 Å². The van der Waals surface area contributed by atoms with Gasteiger partial charge in [-0.1, -0.05) is 18.9 Å². The Morgan fingerprint density at radius 2 is 2.00 bits per heavy atom. The molecule has 0 aliphatic rings. The minimum Gasteiger partial charge on any atom is -0.466 e. The molecule has 130 valence electrons. The summed E-state index contributed by atoms with van der Waals surface area (Å²) >= 11 is 1.78. The topological polar surface area (TPSA) is 62.7 Å². The van der Waals surface area contributed by atoms with E-state index in [1.807, 2.05) is 6.92 Å². The van der Waals surface area contributed by atoms with E-state index in [1.165, 1.54) is 4.88 Å². The Hall–Kier alpha value is -1.56. The Morgan fingerprint density at radius 3 is 2.70 bits per heavy atom. The Morgan fingerprint density at radius 1 is 1.22 bits per heavy atom. The molecule has 0 saturated heterocycles. The second-order valence-corrected chi connectivity index (χ2v) is 6.26. The van der Waals surface area contributed by atoms with Crippen LogP contribution in [0.25, 0.3) is 0 Å². The molecule has 5 nitrogen and oxygen atoms in total. The molecule has 6 heteroatoms. The number of nitrogens with zero attached hydrogens (tertiary/aromatic N) is 1. The molecule has 0 aliphatic carbocycles. The van der Waals surface area contributed by atoms with Gasteiger partial charge < -0.3 is 15.4 Å². The molecule has 0 atom stereocenters. The lowest BCUT2D eigenvalue weighted by atomic mass is 10.1. The molecule has 0 aromatic carbocycles. The molecule has 0 saturated carbocycles. The molecule has 1 heterocycles. The Labute approximate surface area is 143 Å². The lowest BCUT2D eigenvalue weighted by Gasteiger charge is -2.11. The van der Waals surface area contributed by atoms with E-state index in [1.54, 1.807) is 18.4 Å². The van der Waals surface area contributed by atoms with Crippen LogP contribution in [0.2, 0.25) is 0 Å². The van der Waals surface area contributed by atoms with Crippen LogP contribution in [0, 0.1) is 0 Å². The van der Waals surface area contributed by atoms with Crippen molar-refractivity contribution in [3.05, 3.63) is 22.4 Å².